The Hall–Kier alpha value is -1.00. The van der Waals surface area contributed by atoms with Crippen LogP contribution in [0.25, 0.3) is 0 Å². The molecule has 1 aromatic heterocycles. The lowest BCUT2D eigenvalue weighted by molar-refractivity contribution is 0.334. The Bertz CT molecular complexity index is 549. The monoisotopic (exact) mass is 308 g/mol. The Morgan fingerprint density at radius 3 is 2.60 bits per heavy atom. The second kappa shape index (κ2) is 6.64. The van der Waals surface area contributed by atoms with Gasteiger partial charge in [0.2, 0.25) is 5.89 Å². The molecule has 0 atom stereocenters. The minimum atomic E-state index is 0.473. The lowest BCUT2D eigenvalue weighted by Gasteiger charge is -2.17. The highest BCUT2D eigenvalue weighted by Gasteiger charge is 2.21. The van der Waals surface area contributed by atoms with Gasteiger partial charge in [-0.05, 0) is 30.5 Å². The first kappa shape index (κ1) is 14.0. The lowest BCUT2D eigenvalue weighted by atomic mass is 9.89. The van der Waals surface area contributed by atoms with Crippen LogP contribution in [0.5, 0.6) is 0 Å². The highest BCUT2D eigenvalue weighted by Crippen LogP contribution is 2.33. The van der Waals surface area contributed by atoms with Crippen molar-refractivity contribution in [3.8, 4) is 0 Å². The van der Waals surface area contributed by atoms with Gasteiger partial charge in [0.25, 0.3) is 5.22 Å². The van der Waals surface area contributed by atoms with E-state index in [4.69, 9.17) is 16.0 Å². The third-order valence-corrected chi connectivity index (χ3v) is 4.79. The first-order chi connectivity index (χ1) is 9.81. The number of nitrogens with zero attached hydrogens (tertiary/aromatic N) is 2. The molecule has 106 valence electrons. The van der Waals surface area contributed by atoms with Crippen molar-refractivity contribution < 1.29 is 4.42 Å². The molecule has 0 aliphatic heterocycles. The van der Waals surface area contributed by atoms with Gasteiger partial charge < -0.3 is 4.42 Å². The van der Waals surface area contributed by atoms with Crippen molar-refractivity contribution in [1.29, 1.82) is 0 Å². The molecule has 0 bridgehead atoms. The fraction of sp³-hybridized carbons (Fsp3) is 0.467. The summed E-state index contributed by atoms with van der Waals surface area (Å²) in [7, 11) is 0. The smallest absolute Gasteiger partial charge is 0.276 e. The summed E-state index contributed by atoms with van der Waals surface area (Å²) in [5, 5.41) is 9.78. The lowest BCUT2D eigenvalue weighted by Crippen LogP contribution is -2.04. The molecule has 0 spiro atoms. The Morgan fingerprint density at radius 2 is 1.85 bits per heavy atom. The van der Waals surface area contributed by atoms with E-state index in [1.54, 1.807) is 11.8 Å². The molecule has 1 aromatic carbocycles. The van der Waals surface area contributed by atoms with Crippen LogP contribution in [0, 0.1) is 0 Å². The van der Waals surface area contributed by atoms with Crippen molar-refractivity contribution in [2.75, 3.05) is 0 Å². The van der Waals surface area contributed by atoms with Gasteiger partial charge in [0.15, 0.2) is 0 Å². The van der Waals surface area contributed by atoms with Gasteiger partial charge in [0.05, 0.1) is 0 Å². The molecule has 1 aliphatic rings. The second-order valence-electron chi connectivity index (χ2n) is 5.16. The number of thioether (sulfide) groups is 1. The molecule has 1 heterocycles. The van der Waals surface area contributed by atoms with Crippen LogP contribution in [0.2, 0.25) is 5.02 Å². The van der Waals surface area contributed by atoms with Gasteiger partial charge in [0, 0.05) is 16.7 Å². The van der Waals surface area contributed by atoms with Gasteiger partial charge in [-0.1, -0.05) is 54.8 Å². The summed E-state index contributed by atoms with van der Waals surface area (Å²) in [6, 6.07) is 7.85. The third kappa shape index (κ3) is 3.55. The summed E-state index contributed by atoms with van der Waals surface area (Å²) in [6.07, 6.45) is 6.26. The summed E-state index contributed by atoms with van der Waals surface area (Å²) in [6.45, 7) is 0. The molecular formula is C15H17ClN2OS. The van der Waals surface area contributed by atoms with Crippen LogP contribution >= 0.6 is 23.4 Å². The van der Waals surface area contributed by atoms with Gasteiger partial charge in [0.1, 0.15) is 0 Å². The average molecular weight is 309 g/mol. The topological polar surface area (TPSA) is 38.9 Å². The Morgan fingerprint density at radius 1 is 1.10 bits per heavy atom. The standard InChI is InChI=1S/C15H17ClN2OS/c16-13-8-6-11(7-9-13)10-20-15-18-17-14(19-15)12-4-2-1-3-5-12/h6-9,12H,1-5,10H2. The minimum absolute atomic E-state index is 0.473. The molecule has 1 saturated carbocycles. The largest absolute Gasteiger partial charge is 0.416 e. The maximum atomic E-state index is 5.87. The van der Waals surface area contributed by atoms with Crippen LogP contribution in [-0.4, -0.2) is 10.2 Å². The van der Waals surface area contributed by atoms with Gasteiger partial charge in [-0.2, -0.15) is 0 Å². The van der Waals surface area contributed by atoms with Gasteiger partial charge in [-0.3, -0.25) is 0 Å². The fourth-order valence-electron chi connectivity index (χ4n) is 2.52. The van der Waals surface area contributed by atoms with Crippen molar-refractivity contribution in [2.24, 2.45) is 0 Å². The molecule has 0 saturated heterocycles. The quantitative estimate of drug-likeness (QED) is 0.740. The highest BCUT2D eigenvalue weighted by molar-refractivity contribution is 7.98. The SMILES string of the molecule is Clc1ccc(CSc2nnc(C3CCCCC3)o2)cc1. The first-order valence-corrected chi connectivity index (χ1v) is 8.38. The molecule has 1 fully saturated rings. The molecule has 3 nitrogen and oxygen atoms in total. The minimum Gasteiger partial charge on any atom is -0.416 e. The number of hydrogen-bond donors (Lipinski definition) is 0. The molecule has 1 aliphatic carbocycles. The van der Waals surface area contributed by atoms with E-state index in [1.807, 2.05) is 24.3 Å². The van der Waals surface area contributed by atoms with E-state index in [9.17, 15) is 0 Å². The Labute approximate surface area is 128 Å². The van der Waals surface area contributed by atoms with E-state index < -0.39 is 0 Å². The predicted molar refractivity (Wildman–Crippen MR) is 81.1 cm³/mol. The molecule has 0 radical (unpaired) electrons. The Kier molecular flexibility index (Phi) is 4.63. The van der Waals surface area contributed by atoms with Gasteiger partial charge in [-0.15, -0.1) is 10.2 Å². The Balaban J connectivity index is 1.58. The summed E-state index contributed by atoms with van der Waals surface area (Å²) >= 11 is 7.45. The number of rotatable bonds is 4. The summed E-state index contributed by atoms with van der Waals surface area (Å²) in [5.74, 6) is 2.12. The second-order valence-corrected chi connectivity index (χ2v) is 6.52. The average Bonchev–Trinajstić information content (AvgIpc) is 2.97. The molecule has 5 heteroatoms. The summed E-state index contributed by atoms with van der Waals surface area (Å²) in [5.41, 5.74) is 1.21. The van der Waals surface area contributed by atoms with E-state index >= 15 is 0 Å². The maximum absolute atomic E-state index is 5.87. The summed E-state index contributed by atoms with van der Waals surface area (Å²) in [4.78, 5) is 0. The van der Waals surface area contributed by atoms with Crippen LogP contribution in [0.15, 0.2) is 33.9 Å². The number of hydrogen-bond acceptors (Lipinski definition) is 4. The fourth-order valence-corrected chi connectivity index (χ4v) is 3.37. The van der Waals surface area contributed by atoms with Crippen LogP contribution in [0.3, 0.4) is 0 Å². The maximum Gasteiger partial charge on any atom is 0.276 e. The number of benzene rings is 1. The molecule has 20 heavy (non-hydrogen) atoms. The van der Waals surface area contributed by atoms with Crippen LogP contribution < -0.4 is 0 Å². The van der Waals surface area contributed by atoms with Crippen LogP contribution in [0.4, 0.5) is 0 Å². The highest BCUT2D eigenvalue weighted by atomic mass is 35.5. The molecule has 0 amide bonds. The zero-order valence-electron chi connectivity index (χ0n) is 11.2. The number of aromatic nitrogens is 2. The van der Waals surface area contributed by atoms with Gasteiger partial charge in [-0.25, -0.2) is 0 Å². The molecule has 3 rings (SSSR count). The predicted octanol–water partition coefficient (Wildman–Crippen LogP) is 5.06. The molecule has 0 N–H and O–H groups in total. The van der Waals surface area contributed by atoms with Gasteiger partial charge >= 0.3 is 0 Å². The molecular weight excluding hydrogens is 292 g/mol. The molecule has 0 unspecified atom stereocenters. The van der Waals surface area contributed by atoms with E-state index in [0.29, 0.717) is 11.1 Å². The zero-order valence-corrected chi connectivity index (χ0v) is 12.8. The van der Waals surface area contributed by atoms with Crippen molar-refractivity contribution >= 4 is 23.4 Å². The van der Waals surface area contributed by atoms with Crippen LogP contribution in [-0.2, 0) is 5.75 Å². The van der Waals surface area contributed by atoms with Crippen LogP contribution in [0.1, 0.15) is 49.5 Å². The van der Waals surface area contributed by atoms with Crippen molar-refractivity contribution in [2.45, 2.75) is 49.0 Å². The summed E-state index contributed by atoms with van der Waals surface area (Å²) < 4.78 is 5.78. The normalized spacial score (nSPS) is 16.4. The van der Waals surface area contributed by atoms with Crippen molar-refractivity contribution in [3.05, 3.63) is 40.7 Å². The van der Waals surface area contributed by atoms with E-state index in [-0.39, 0.29) is 0 Å². The van der Waals surface area contributed by atoms with Crippen molar-refractivity contribution in [3.63, 3.8) is 0 Å². The molecule has 2 aromatic rings. The van der Waals surface area contributed by atoms with E-state index in [1.165, 1.54) is 37.7 Å². The third-order valence-electron chi connectivity index (χ3n) is 3.65. The number of halogens is 1. The zero-order chi connectivity index (χ0) is 13.8. The van der Waals surface area contributed by atoms with E-state index in [2.05, 4.69) is 10.2 Å². The first-order valence-electron chi connectivity index (χ1n) is 7.02. The van der Waals surface area contributed by atoms with Crippen molar-refractivity contribution in [1.82, 2.24) is 10.2 Å². The van der Waals surface area contributed by atoms with E-state index in [0.717, 1.165) is 16.7 Å².